The van der Waals surface area contributed by atoms with E-state index < -0.39 is 10.0 Å². The lowest BCUT2D eigenvalue weighted by molar-refractivity contribution is 0.594. The van der Waals surface area contributed by atoms with E-state index in [0.29, 0.717) is 10.8 Å². The Morgan fingerprint density at radius 3 is 2.50 bits per heavy atom. The fourth-order valence-corrected chi connectivity index (χ4v) is 1.89. The molecule has 2 aromatic rings. The molecule has 14 heavy (non-hydrogen) atoms. The largest absolute Gasteiger partial charge is 0.252 e. The van der Waals surface area contributed by atoms with E-state index in [1.165, 1.54) is 24.5 Å². The molecule has 1 heterocycles. The molecule has 0 N–H and O–H groups in total. The van der Waals surface area contributed by atoms with Gasteiger partial charge < -0.3 is 0 Å². The molecular weight excluding hydrogens is 205 g/mol. The summed E-state index contributed by atoms with van der Waals surface area (Å²) >= 11 is 0. The molecule has 1 aromatic heterocycles. The van der Waals surface area contributed by atoms with E-state index in [1.807, 2.05) is 0 Å². The van der Waals surface area contributed by atoms with Gasteiger partial charge in [-0.2, -0.15) is 0 Å². The van der Waals surface area contributed by atoms with Crippen LogP contribution in [0.3, 0.4) is 0 Å². The zero-order valence-corrected chi connectivity index (χ0v) is 8.25. The molecule has 0 spiro atoms. The summed E-state index contributed by atoms with van der Waals surface area (Å²) in [4.78, 5) is 0. The molecule has 0 unspecified atom stereocenters. The average Bonchev–Trinajstić information content (AvgIpc) is 2.45. The van der Waals surface area contributed by atoms with Crippen molar-refractivity contribution < 1.29 is 12.8 Å². The van der Waals surface area contributed by atoms with Gasteiger partial charge in [-0.3, -0.25) is 3.97 Å². The Kier molecular flexibility index (Phi) is 1.85. The van der Waals surface area contributed by atoms with Crippen LogP contribution >= 0.6 is 0 Å². The van der Waals surface area contributed by atoms with Gasteiger partial charge in [0.2, 0.25) is 10.0 Å². The predicted molar refractivity (Wildman–Crippen MR) is 52.1 cm³/mol. The van der Waals surface area contributed by atoms with E-state index in [-0.39, 0.29) is 5.82 Å². The van der Waals surface area contributed by atoms with Gasteiger partial charge in [-0.05, 0) is 18.2 Å². The molecule has 2 rings (SSSR count). The molecule has 1 aromatic carbocycles. The number of fused-ring (bicyclic) bond motifs is 1. The number of halogens is 1. The predicted octanol–water partition coefficient (Wildman–Crippen LogP) is 1.59. The first-order valence-electron chi connectivity index (χ1n) is 3.94. The van der Waals surface area contributed by atoms with Gasteiger partial charge in [0.15, 0.2) is 0 Å². The Morgan fingerprint density at radius 2 is 1.86 bits per heavy atom. The van der Waals surface area contributed by atoms with Crippen molar-refractivity contribution in [1.29, 1.82) is 0 Å². The Morgan fingerprint density at radius 1 is 1.21 bits per heavy atom. The Balaban J connectivity index is 2.75. The highest BCUT2D eigenvalue weighted by Gasteiger charge is 2.06. The van der Waals surface area contributed by atoms with Crippen molar-refractivity contribution in [2.24, 2.45) is 0 Å². The fraction of sp³-hybridized carbons (Fsp3) is 0.111. The number of rotatable bonds is 1. The highest BCUT2D eigenvalue weighted by atomic mass is 32.2. The van der Waals surface area contributed by atoms with Crippen LogP contribution in [0.1, 0.15) is 0 Å². The SMILES string of the molecule is CS(=O)(=O)n1cc2ccc(F)cc2c1. The minimum Gasteiger partial charge on any atom is -0.252 e. The van der Waals surface area contributed by atoms with E-state index in [0.717, 1.165) is 10.2 Å². The van der Waals surface area contributed by atoms with Crippen molar-refractivity contribution in [3.63, 3.8) is 0 Å². The van der Waals surface area contributed by atoms with E-state index in [1.54, 1.807) is 6.07 Å². The molecule has 0 aliphatic heterocycles. The summed E-state index contributed by atoms with van der Waals surface area (Å²) in [6.45, 7) is 0. The monoisotopic (exact) mass is 213 g/mol. The zero-order chi connectivity index (χ0) is 10.3. The van der Waals surface area contributed by atoms with Crippen molar-refractivity contribution >= 4 is 20.8 Å². The lowest BCUT2D eigenvalue weighted by Gasteiger charge is -1.94. The van der Waals surface area contributed by atoms with Crippen LogP contribution in [0, 0.1) is 5.82 Å². The molecule has 0 saturated heterocycles. The van der Waals surface area contributed by atoms with Crippen LogP contribution in [0.15, 0.2) is 30.6 Å². The van der Waals surface area contributed by atoms with Crippen molar-refractivity contribution in [2.75, 3.05) is 6.26 Å². The molecule has 5 heteroatoms. The summed E-state index contributed by atoms with van der Waals surface area (Å²) in [7, 11) is -3.28. The fourth-order valence-electron chi connectivity index (χ4n) is 1.28. The molecule has 0 atom stereocenters. The first kappa shape index (κ1) is 9.21. The van der Waals surface area contributed by atoms with Gasteiger partial charge in [-0.25, -0.2) is 12.8 Å². The van der Waals surface area contributed by atoms with Crippen LogP contribution in [-0.2, 0) is 10.0 Å². The average molecular weight is 213 g/mol. The normalized spacial score (nSPS) is 12.1. The maximum atomic E-state index is 12.8. The van der Waals surface area contributed by atoms with E-state index >= 15 is 0 Å². The van der Waals surface area contributed by atoms with Crippen LogP contribution in [0.2, 0.25) is 0 Å². The van der Waals surface area contributed by atoms with Crippen molar-refractivity contribution in [1.82, 2.24) is 3.97 Å². The van der Waals surface area contributed by atoms with Gasteiger partial charge in [0.25, 0.3) is 0 Å². The van der Waals surface area contributed by atoms with Crippen LogP contribution < -0.4 is 0 Å². The highest BCUT2D eigenvalue weighted by molar-refractivity contribution is 7.89. The standard InChI is InChI=1S/C9H8FNO2S/c1-14(12,13)11-5-7-2-3-9(10)4-8(7)6-11/h2-6H,1H3. The number of hydrogen-bond donors (Lipinski definition) is 0. The molecule has 0 saturated carbocycles. The summed E-state index contributed by atoms with van der Waals surface area (Å²) < 4.78 is 36.2. The number of benzene rings is 1. The summed E-state index contributed by atoms with van der Waals surface area (Å²) in [6.07, 6.45) is 3.96. The van der Waals surface area contributed by atoms with Gasteiger partial charge in [0.05, 0.1) is 6.26 Å². The van der Waals surface area contributed by atoms with Crippen molar-refractivity contribution in [3.05, 3.63) is 36.4 Å². The number of hydrogen-bond acceptors (Lipinski definition) is 2. The smallest absolute Gasteiger partial charge is 0.235 e. The minimum absolute atomic E-state index is 0.372. The Bertz CT molecular complexity index is 586. The van der Waals surface area contributed by atoms with Gasteiger partial charge in [0.1, 0.15) is 5.82 Å². The molecule has 0 aliphatic carbocycles. The quantitative estimate of drug-likeness (QED) is 0.721. The maximum Gasteiger partial charge on any atom is 0.235 e. The zero-order valence-electron chi connectivity index (χ0n) is 7.44. The lowest BCUT2D eigenvalue weighted by Crippen LogP contribution is -2.06. The number of aromatic nitrogens is 1. The summed E-state index contributed by atoms with van der Waals surface area (Å²) in [5.41, 5.74) is 0. The molecule has 0 aliphatic rings. The van der Waals surface area contributed by atoms with Crippen LogP contribution in [-0.4, -0.2) is 18.6 Å². The third kappa shape index (κ3) is 1.50. The minimum atomic E-state index is -3.28. The van der Waals surface area contributed by atoms with Gasteiger partial charge in [0, 0.05) is 23.2 Å². The van der Waals surface area contributed by atoms with E-state index in [9.17, 15) is 12.8 Å². The van der Waals surface area contributed by atoms with Crippen LogP contribution in [0.4, 0.5) is 4.39 Å². The second kappa shape index (κ2) is 2.81. The van der Waals surface area contributed by atoms with E-state index in [2.05, 4.69) is 0 Å². The Hall–Kier alpha value is -1.36. The third-order valence-electron chi connectivity index (χ3n) is 1.96. The third-order valence-corrected chi connectivity index (χ3v) is 2.94. The van der Waals surface area contributed by atoms with Gasteiger partial charge >= 0.3 is 0 Å². The van der Waals surface area contributed by atoms with Crippen LogP contribution in [0.5, 0.6) is 0 Å². The number of nitrogens with zero attached hydrogens (tertiary/aromatic N) is 1. The molecule has 3 nitrogen and oxygen atoms in total. The lowest BCUT2D eigenvalue weighted by atomic mass is 10.2. The molecule has 0 fully saturated rings. The maximum absolute atomic E-state index is 12.8. The first-order chi connectivity index (χ1) is 6.47. The van der Waals surface area contributed by atoms with Gasteiger partial charge in [-0.15, -0.1) is 0 Å². The van der Waals surface area contributed by atoms with Crippen molar-refractivity contribution in [2.45, 2.75) is 0 Å². The van der Waals surface area contributed by atoms with E-state index in [4.69, 9.17) is 0 Å². The molecular formula is C9H8FNO2S. The first-order valence-corrected chi connectivity index (χ1v) is 5.79. The summed E-state index contributed by atoms with van der Waals surface area (Å²) in [6, 6.07) is 4.15. The summed E-state index contributed by atoms with van der Waals surface area (Å²) in [5.74, 6) is -0.372. The second-order valence-electron chi connectivity index (χ2n) is 3.12. The molecule has 74 valence electrons. The topological polar surface area (TPSA) is 39.1 Å². The summed E-state index contributed by atoms with van der Waals surface area (Å²) in [5, 5.41) is 1.28. The van der Waals surface area contributed by atoms with Gasteiger partial charge in [-0.1, -0.05) is 0 Å². The van der Waals surface area contributed by atoms with Crippen molar-refractivity contribution in [3.8, 4) is 0 Å². The molecule has 0 radical (unpaired) electrons. The highest BCUT2D eigenvalue weighted by Crippen LogP contribution is 2.17. The Labute approximate surface area is 80.8 Å². The second-order valence-corrected chi connectivity index (χ2v) is 5.01. The molecule has 0 bridgehead atoms. The van der Waals surface area contributed by atoms with Crippen LogP contribution in [0.25, 0.3) is 10.8 Å². The molecule has 0 amide bonds.